The van der Waals surface area contributed by atoms with Crippen molar-refractivity contribution >= 4 is 5.91 Å². The molecular formula is C16H19N3O2. The number of carbonyl (C=O) groups excluding carboxylic acids is 1. The van der Waals surface area contributed by atoms with Gasteiger partial charge in [-0.15, -0.1) is 0 Å². The molecule has 0 radical (unpaired) electrons. The van der Waals surface area contributed by atoms with Gasteiger partial charge in [0, 0.05) is 31.7 Å². The van der Waals surface area contributed by atoms with Gasteiger partial charge in [-0.2, -0.15) is 0 Å². The van der Waals surface area contributed by atoms with Crippen LogP contribution in [0.15, 0.2) is 47.2 Å². The van der Waals surface area contributed by atoms with Crippen molar-refractivity contribution in [2.75, 3.05) is 13.1 Å². The van der Waals surface area contributed by atoms with Gasteiger partial charge in [0.15, 0.2) is 5.69 Å². The van der Waals surface area contributed by atoms with Crippen LogP contribution in [0.3, 0.4) is 0 Å². The van der Waals surface area contributed by atoms with E-state index in [1.165, 1.54) is 11.8 Å². The monoisotopic (exact) mass is 285 g/mol. The number of nitrogens with one attached hydrogen (secondary N) is 1. The smallest absolute Gasteiger partial charge is 0.273 e. The Morgan fingerprint density at radius 1 is 1.33 bits per heavy atom. The maximum Gasteiger partial charge on any atom is 0.273 e. The Labute approximate surface area is 123 Å². The van der Waals surface area contributed by atoms with E-state index in [-0.39, 0.29) is 11.9 Å². The van der Waals surface area contributed by atoms with E-state index in [0.717, 1.165) is 19.6 Å². The van der Waals surface area contributed by atoms with Gasteiger partial charge in [0.25, 0.3) is 5.91 Å². The van der Waals surface area contributed by atoms with Gasteiger partial charge in [-0.1, -0.05) is 42.4 Å². The van der Waals surface area contributed by atoms with Crippen LogP contribution in [-0.2, 0) is 6.54 Å². The fourth-order valence-electron chi connectivity index (χ4n) is 2.80. The molecule has 5 heteroatoms. The lowest BCUT2D eigenvalue weighted by Gasteiger charge is -2.16. The Kier molecular flexibility index (Phi) is 4.01. The first kappa shape index (κ1) is 13.8. The van der Waals surface area contributed by atoms with Crippen molar-refractivity contribution < 1.29 is 9.32 Å². The minimum Gasteiger partial charge on any atom is -0.364 e. The second-order valence-corrected chi connectivity index (χ2v) is 5.62. The van der Waals surface area contributed by atoms with Crippen LogP contribution in [0.1, 0.15) is 23.0 Å². The number of hydrogen-bond acceptors (Lipinski definition) is 4. The zero-order chi connectivity index (χ0) is 14.7. The quantitative estimate of drug-likeness (QED) is 0.932. The van der Waals surface area contributed by atoms with E-state index in [0.29, 0.717) is 11.6 Å². The predicted octanol–water partition coefficient (Wildman–Crippen LogP) is 1.92. The number of benzene rings is 1. The molecule has 1 aliphatic rings. The molecule has 21 heavy (non-hydrogen) atoms. The molecule has 110 valence electrons. The summed E-state index contributed by atoms with van der Waals surface area (Å²) in [6, 6.07) is 12.1. The molecule has 0 saturated carbocycles. The van der Waals surface area contributed by atoms with Crippen molar-refractivity contribution in [3.05, 3.63) is 53.9 Å². The highest BCUT2D eigenvalue weighted by molar-refractivity contribution is 5.92. The second kappa shape index (κ2) is 6.10. The zero-order valence-electron chi connectivity index (χ0n) is 12.0. The molecule has 1 aromatic carbocycles. The molecule has 2 aromatic rings. The average molecular weight is 285 g/mol. The summed E-state index contributed by atoms with van der Waals surface area (Å²) in [7, 11) is 0. The molecule has 2 atom stereocenters. The molecule has 3 rings (SSSR count). The number of nitrogens with zero attached hydrogens (tertiary/aromatic N) is 2. The molecule has 1 aromatic heterocycles. The molecule has 0 unspecified atom stereocenters. The first-order chi connectivity index (χ1) is 10.2. The summed E-state index contributed by atoms with van der Waals surface area (Å²) in [5.41, 5.74) is 1.64. The van der Waals surface area contributed by atoms with Gasteiger partial charge in [-0.3, -0.25) is 9.69 Å². The fraction of sp³-hybridized carbons (Fsp3) is 0.375. The molecule has 1 saturated heterocycles. The number of rotatable bonds is 4. The van der Waals surface area contributed by atoms with Crippen LogP contribution in [0, 0.1) is 5.92 Å². The van der Waals surface area contributed by atoms with Crippen LogP contribution < -0.4 is 5.32 Å². The minimum atomic E-state index is -0.165. The van der Waals surface area contributed by atoms with Crippen LogP contribution in [0.5, 0.6) is 0 Å². The van der Waals surface area contributed by atoms with Crippen LogP contribution in [-0.4, -0.2) is 35.1 Å². The Morgan fingerprint density at radius 3 is 2.86 bits per heavy atom. The van der Waals surface area contributed by atoms with Crippen molar-refractivity contribution in [2.45, 2.75) is 19.5 Å². The Balaban J connectivity index is 1.57. The first-order valence-electron chi connectivity index (χ1n) is 7.20. The lowest BCUT2D eigenvalue weighted by atomic mass is 10.1. The van der Waals surface area contributed by atoms with Gasteiger partial charge in [-0.25, -0.2) is 0 Å². The van der Waals surface area contributed by atoms with E-state index in [4.69, 9.17) is 4.52 Å². The molecule has 1 aliphatic heterocycles. The van der Waals surface area contributed by atoms with Crippen LogP contribution in [0.4, 0.5) is 0 Å². The summed E-state index contributed by atoms with van der Waals surface area (Å²) in [5.74, 6) is 0.256. The van der Waals surface area contributed by atoms with Crippen molar-refractivity contribution in [3.8, 4) is 0 Å². The molecule has 5 nitrogen and oxygen atoms in total. The fourth-order valence-corrected chi connectivity index (χ4v) is 2.80. The zero-order valence-corrected chi connectivity index (χ0v) is 12.0. The van der Waals surface area contributed by atoms with Gasteiger partial charge in [-0.05, 0) is 11.5 Å². The van der Waals surface area contributed by atoms with Crippen molar-refractivity contribution in [1.29, 1.82) is 0 Å². The highest BCUT2D eigenvalue weighted by Crippen LogP contribution is 2.19. The van der Waals surface area contributed by atoms with E-state index >= 15 is 0 Å². The van der Waals surface area contributed by atoms with Crippen molar-refractivity contribution in [1.82, 2.24) is 15.4 Å². The number of amides is 1. The van der Waals surface area contributed by atoms with Gasteiger partial charge < -0.3 is 9.84 Å². The summed E-state index contributed by atoms with van der Waals surface area (Å²) in [5, 5.41) is 6.71. The van der Waals surface area contributed by atoms with Crippen molar-refractivity contribution in [3.63, 3.8) is 0 Å². The summed E-state index contributed by atoms with van der Waals surface area (Å²) in [4.78, 5) is 14.4. The SMILES string of the molecule is C[C@@H]1CN(Cc2ccccc2)C[C@@H]1NC(=O)c1ccon1. The molecule has 0 spiro atoms. The highest BCUT2D eigenvalue weighted by atomic mass is 16.5. The Hall–Kier alpha value is -2.14. The maximum absolute atomic E-state index is 12.0. The Morgan fingerprint density at radius 2 is 2.14 bits per heavy atom. The van der Waals surface area contributed by atoms with E-state index in [1.807, 2.05) is 6.07 Å². The number of likely N-dealkylation sites (tertiary alicyclic amines) is 1. The molecule has 1 amide bonds. The normalized spacial score (nSPS) is 22.3. The predicted molar refractivity (Wildman–Crippen MR) is 78.6 cm³/mol. The Bertz CT molecular complexity index is 583. The molecule has 1 N–H and O–H groups in total. The third-order valence-electron chi connectivity index (χ3n) is 3.92. The molecule has 1 fully saturated rings. The topological polar surface area (TPSA) is 58.4 Å². The standard InChI is InChI=1S/C16H19N3O2/c1-12-9-19(10-13-5-3-2-4-6-13)11-15(12)17-16(20)14-7-8-21-18-14/h2-8,12,15H,9-11H2,1H3,(H,17,20)/t12-,15+/m1/s1. The summed E-state index contributed by atoms with van der Waals surface area (Å²) in [6.45, 7) is 4.93. The van der Waals surface area contributed by atoms with Gasteiger partial charge in [0.05, 0.1) is 0 Å². The minimum absolute atomic E-state index is 0.151. The first-order valence-corrected chi connectivity index (χ1v) is 7.20. The third-order valence-corrected chi connectivity index (χ3v) is 3.92. The summed E-state index contributed by atoms with van der Waals surface area (Å²) >= 11 is 0. The number of hydrogen-bond donors (Lipinski definition) is 1. The van der Waals surface area contributed by atoms with Crippen LogP contribution in [0.25, 0.3) is 0 Å². The van der Waals surface area contributed by atoms with Gasteiger partial charge in [0.1, 0.15) is 6.26 Å². The van der Waals surface area contributed by atoms with E-state index in [9.17, 15) is 4.79 Å². The van der Waals surface area contributed by atoms with E-state index < -0.39 is 0 Å². The largest absolute Gasteiger partial charge is 0.364 e. The number of carbonyl (C=O) groups is 1. The van der Waals surface area contributed by atoms with Gasteiger partial charge >= 0.3 is 0 Å². The maximum atomic E-state index is 12.0. The van der Waals surface area contributed by atoms with Crippen LogP contribution in [0.2, 0.25) is 0 Å². The third kappa shape index (κ3) is 3.31. The second-order valence-electron chi connectivity index (χ2n) is 5.62. The van der Waals surface area contributed by atoms with Crippen LogP contribution >= 0.6 is 0 Å². The van der Waals surface area contributed by atoms with Crippen molar-refractivity contribution in [2.24, 2.45) is 5.92 Å². The average Bonchev–Trinajstić information content (AvgIpc) is 3.11. The summed E-state index contributed by atoms with van der Waals surface area (Å²) < 4.78 is 4.71. The lowest BCUT2D eigenvalue weighted by Crippen LogP contribution is -2.39. The van der Waals surface area contributed by atoms with E-state index in [2.05, 4.69) is 46.6 Å². The van der Waals surface area contributed by atoms with E-state index in [1.54, 1.807) is 6.07 Å². The molecule has 0 aliphatic carbocycles. The van der Waals surface area contributed by atoms with Gasteiger partial charge in [0.2, 0.25) is 0 Å². The molecule has 0 bridgehead atoms. The number of aromatic nitrogens is 1. The summed E-state index contributed by atoms with van der Waals surface area (Å²) in [6.07, 6.45) is 1.41. The molecular weight excluding hydrogens is 266 g/mol. The lowest BCUT2D eigenvalue weighted by molar-refractivity contribution is 0.0922. The highest BCUT2D eigenvalue weighted by Gasteiger charge is 2.31. The molecule has 2 heterocycles.